The quantitative estimate of drug-likeness (QED) is 0.0373. The number of carbonyl (C=O) groups excluding carboxylic acids is 4. The van der Waals surface area contributed by atoms with Crippen LogP contribution in [0, 0.1) is 70.5 Å². The van der Waals surface area contributed by atoms with E-state index in [4.69, 9.17) is 43.4 Å². The minimum absolute atomic E-state index is 0.0402. The number of carbonyl (C=O) groups is 4. The van der Waals surface area contributed by atoms with Crippen molar-refractivity contribution >= 4 is 23.9 Å². The van der Waals surface area contributed by atoms with Crippen LogP contribution < -0.4 is 0 Å². The predicted octanol–water partition coefficient (Wildman–Crippen LogP) is 8.83. The zero-order valence-electron chi connectivity index (χ0n) is 42.5. The van der Waals surface area contributed by atoms with E-state index in [0.717, 1.165) is 25.7 Å². The Morgan fingerprint density at radius 1 is 0.403 bits per heavy atom. The summed E-state index contributed by atoms with van der Waals surface area (Å²) in [6, 6.07) is 0. The fraction of sp³-hybridized carbons (Fsp3) is 0.918. The van der Waals surface area contributed by atoms with Crippen LogP contribution in [-0.4, -0.2) is 113 Å². The summed E-state index contributed by atoms with van der Waals surface area (Å²) in [4.78, 5) is 47.8. The third kappa shape index (κ3) is 33.2. The Balaban J connectivity index is -0.000000987. The minimum atomic E-state index is -0.441. The van der Waals surface area contributed by atoms with E-state index < -0.39 is 5.41 Å². The van der Waals surface area contributed by atoms with Crippen molar-refractivity contribution in [2.75, 3.05) is 79.3 Å². The maximum atomic E-state index is 12.2. The van der Waals surface area contributed by atoms with Gasteiger partial charge in [-0.25, -0.2) is 0 Å². The molecule has 62 heavy (non-hydrogen) atoms. The Kier molecular flexibility index (Phi) is 39.2. The molecular weight excluding hydrogens is 797 g/mol. The third-order valence-corrected chi connectivity index (χ3v) is 10.4. The molecule has 0 aliphatic rings. The number of rotatable bonds is 32. The van der Waals surface area contributed by atoms with E-state index in [1.54, 1.807) is 0 Å². The number of ether oxygens (including phenoxy) is 7. The van der Waals surface area contributed by atoms with Crippen molar-refractivity contribution < 1.29 is 62.5 Å². The molecule has 0 radical (unpaired) electrons. The second-order valence-corrected chi connectivity index (χ2v) is 19.5. The molecule has 0 saturated carbocycles. The molecule has 4 unspecified atom stereocenters. The fourth-order valence-corrected chi connectivity index (χ4v) is 6.56. The Bertz CT molecular complexity index is 1080. The Hall–Kier alpha value is -2.32. The predicted molar refractivity (Wildman–Crippen MR) is 246 cm³/mol. The van der Waals surface area contributed by atoms with Crippen molar-refractivity contribution in [1.82, 2.24) is 0 Å². The summed E-state index contributed by atoms with van der Waals surface area (Å²) >= 11 is 0. The van der Waals surface area contributed by atoms with Crippen LogP contribution in [0.4, 0.5) is 0 Å². The van der Waals surface area contributed by atoms with Gasteiger partial charge in [-0.3, -0.25) is 19.2 Å². The largest absolute Gasteiger partial charge is 0.463 e. The molecule has 0 aliphatic heterocycles. The van der Waals surface area contributed by atoms with Crippen molar-refractivity contribution in [3.63, 3.8) is 0 Å². The van der Waals surface area contributed by atoms with Crippen LogP contribution in [0.5, 0.6) is 0 Å². The van der Waals surface area contributed by atoms with Gasteiger partial charge in [-0.05, 0) is 80.0 Å². The molecule has 0 amide bonds. The van der Waals surface area contributed by atoms with Crippen molar-refractivity contribution in [3.05, 3.63) is 0 Å². The smallest absolute Gasteiger partial charge is 0.312 e. The molecule has 0 aromatic carbocycles. The fourth-order valence-electron chi connectivity index (χ4n) is 6.56. The lowest BCUT2D eigenvalue weighted by Gasteiger charge is -2.32. The minimum Gasteiger partial charge on any atom is -0.463 e. The Morgan fingerprint density at radius 2 is 0.677 bits per heavy atom. The molecule has 0 rings (SSSR count). The maximum Gasteiger partial charge on any atom is 0.312 e. The highest BCUT2D eigenvalue weighted by molar-refractivity contribution is 5.76. The van der Waals surface area contributed by atoms with Gasteiger partial charge in [0.25, 0.3) is 0 Å². The SMILES string of the molecule is CC(C)CC(C(=O)OCCO)C(C)C.CC(C)CC(C(=O)OCCOCCOCCOCCOC(=O)C(CC(C)C)C(C)C)C(C)C.CC(C)CC(C)(C(=O)OCCO)C(C)C. The number of esters is 4. The van der Waals surface area contributed by atoms with E-state index in [9.17, 15) is 19.2 Å². The van der Waals surface area contributed by atoms with Crippen LogP contribution in [0.15, 0.2) is 0 Å². The topological polar surface area (TPSA) is 173 Å². The van der Waals surface area contributed by atoms with Gasteiger partial charge in [0.05, 0.1) is 76.0 Å². The lowest BCUT2D eigenvalue weighted by atomic mass is 9.73. The summed E-state index contributed by atoms with van der Waals surface area (Å²) in [6.45, 7) is 38.1. The number of aliphatic hydroxyl groups excluding tert-OH is 2. The molecule has 13 nitrogen and oxygen atoms in total. The summed E-state index contributed by atoms with van der Waals surface area (Å²) in [5.74, 6) is 2.13. The Labute approximate surface area is 378 Å². The van der Waals surface area contributed by atoms with E-state index in [2.05, 4.69) is 83.1 Å². The van der Waals surface area contributed by atoms with Crippen LogP contribution in [0.1, 0.15) is 143 Å². The van der Waals surface area contributed by atoms with Gasteiger partial charge in [0.15, 0.2) is 0 Å². The molecule has 370 valence electrons. The van der Waals surface area contributed by atoms with Gasteiger partial charge in [0.2, 0.25) is 0 Å². The van der Waals surface area contributed by atoms with Gasteiger partial charge < -0.3 is 43.4 Å². The first-order valence-electron chi connectivity index (χ1n) is 23.5. The highest BCUT2D eigenvalue weighted by Crippen LogP contribution is 2.35. The normalized spacial score (nSPS) is 14.0. The molecule has 0 aromatic rings. The van der Waals surface area contributed by atoms with Crippen LogP contribution in [0.25, 0.3) is 0 Å². The summed E-state index contributed by atoms with van der Waals surface area (Å²) in [5.41, 5.74) is -0.441. The lowest BCUT2D eigenvalue weighted by Crippen LogP contribution is -2.36. The van der Waals surface area contributed by atoms with E-state index in [1.807, 2.05) is 34.6 Å². The molecule has 0 saturated heterocycles. The first-order chi connectivity index (χ1) is 28.9. The molecule has 13 heteroatoms. The molecule has 0 heterocycles. The third-order valence-electron chi connectivity index (χ3n) is 10.4. The molecule has 2 N–H and O–H groups in total. The van der Waals surface area contributed by atoms with Crippen molar-refractivity contribution in [1.29, 1.82) is 0 Å². The molecule has 0 aromatic heterocycles. The van der Waals surface area contributed by atoms with E-state index in [1.165, 1.54) is 0 Å². The highest BCUT2D eigenvalue weighted by Gasteiger charge is 2.38. The van der Waals surface area contributed by atoms with E-state index in [0.29, 0.717) is 69.2 Å². The number of hydrogen-bond donors (Lipinski definition) is 2. The van der Waals surface area contributed by atoms with Gasteiger partial charge in [0.1, 0.15) is 26.4 Å². The van der Waals surface area contributed by atoms with Crippen LogP contribution in [0.2, 0.25) is 0 Å². The molecule has 0 bridgehead atoms. The van der Waals surface area contributed by atoms with Crippen molar-refractivity contribution in [3.8, 4) is 0 Å². The molecular formula is C49H96O13. The summed E-state index contributed by atoms with van der Waals surface area (Å²) in [7, 11) is 0. The summed E-state index contributed by atoms with van der Waals surface area (Å²) in [5, 5.41) is 17.2. The van der Waals surface area contributed by atoms with Crippen LogP contribution >= 0.6 is 0 Å². The van der Waals surface area contributed by atoms with Gasteiger partial charge in [-0.2, -0.15) is 0 Å². The highest BCUT2D eigenvalue weighted by atomic mass is 16.6. The monoisotopic (exact) mass is 893 g/mol. The number of aliphatic hydroxyl groups is 2. The number of hydrogen-bond acceptors (Lipinski definition) is 13. The second kappa shape index (κ2) is 38.0. The maximum absolute atomic E-state index is 12.2. The van der Waals surface area contributed by atoms with Crippen molar-refractivity contribution in [2.45, 2.75) is 143 Å². The lowest BCUT2D eigenvalue weighted by molar-refractivity contribution is -0.160. The Morgan fingerprint density at radius 3 is 0.919 bits per heavy atom. The van der Waals surface area contributed by atoms with Gasteiger partial charge >= 0.3 is 23.9 Å². The van der Waals surface area contributed by atoms with Gasteiger partial charge in [0, 0.05) is 0 Å². The zero-order valence-corrected chi connectivity index (χ0v) is 42.5. The van der Waals surface area contributed by atoms with Crippen molar-refractivity contribution in [2.24, 2.45) is 70.5 Å². The second-order valence-electron chi connectivity index (χ2n) is 19.5. The molecule has 0 spiro atoms. The van der Waals surface area contributed by atoms with Gasteiger partial charge in [-0.1, -0.05) is 111 Å². The molecule has 0 aliphatic carbocycles. The molecule has 4 atom stereocenters. The average Bonchev–Trinajstić information content (AvgIpc) is 3.17. The van der Waals surface area contributed by atoms with E-state index in [-0.39, 0.29) is 99.0 Å². The standard InChI is InChI=1S/C26H50O7.C12H24O3.C11H22O3/c1-19(2)17-23(21(5)6)25(27)32-15-13-30-11-9-29-10-12-31-14-16-33-26(28)24(22(7)8)18-20(3)4;1-9(2)8-12(5,10(3)4)11(14)15-7-6-13;1-8(2)7-10(9(3)4)11(13)14-6-5-12/h19-24H,9-18H2,1-8H3;9-10,13H,6-8H2,1-5H3;8-10,12H,5-7H2,1-4H3. The van der Waals surface area contributed by atoms with Gasteiger partial charge in [-0.15, -0.1) is 0 Å². The zero-order chi connectivity index (χ0) is 48.4. The summed E-state index contributed by atoms with van der Waals surface area (Å²) < 4.78 is 37.0. The summed E-state index contributed by atoms with van der Waals surface area (Å²) in [6.07, 6.45) is 3.34. The first kappa shape index (κ1) is 64.0. The van der Waals surface area contributed by atoms with Crippen LogP contribution in [0.3, 0.4) is 0 Å². The van der Waals surface area contributed by atoms with E-state index >= 15 is 0 Å². The first-order valence-corrected chi connectivity index (χ1v) is 23.5. The molecule has 0 fully saturated rings. The average molecular weight is 893 g/mol. The van der Waals surface area contributed by atoms with Crippen LogP contribution in [-0.2, 0) is 52.3 Å².